The molecule has 0 radical (unpaired) electrons. The van der Waals surface area contributed by atoms with Crippen LogP contribution >= 0.6 is 0 Å². The van der Waals surface area contributed by atoms with Crippen molar-refractivity contribution in [2.45, 2.75) is 238 Å². The average Bonchev–Trinajstić information content (AvgIpc) is 2.23. The van der Waals surface area contributed by atoms with Crippen molar-refractivity contribution in [3.8, 4) is 0 Å². The van der Waals surface area contributed by atoms with Crippen molar-refractivity contribution in [2.24, 2.45) is 0 Å². The fourth-order valence-electron chi connectivity index (χ4n) is 9.98. The Morgan fingerprint density at radius 1 is 0.309 bits per heavy atom. The third-order valence-electron chi connectivity index (χ3n) is 15.5. The number of carbonyl (C=O) groups is 10. The molecule has 10 amide bonds. The first-order valence-corrected chi connectivity index (χ1v) is 36.0. The molecule has 94 heavy (non-hydrogen) atoms. The lowest BCUT2D eigenvalue weighted by molar-refractivity contribution is -0.137. The Morgan fingerprint density at radius 2 is 0.574 bits per heavy atom. The average molecular weight is 1340 g/mol. The monoisotopic (exact) mass is 1340 g/mol. The van der Waals surface area contributed by atoms with Crippen LogP contribution in [0.1, 0.15) is 232 Å². The van der Waals surface area contributed by atoms with Crippen LogP contribution in [0.5, 0.6) is 0 Å². The van der Waals surface area contributed by atoms with E-state index in [0.717, 1.165) is 42.7 Å². The molecular weight excluding hydrogens is 1210 g/mol. The maximum absolute atomic E-state index is 13.3. The van der Waals surface area contributed by atoms with Gasteiger partial charge in [0, 0.05) is 109 Å². The number of hydrogen-bond donors (Lipinski definition) is 8. The van der Waals surface area contributed by atoms with Crippen LogP contribution in [0.2, 0.25) is 0 Å². The Labute approximate surface area is 562 Å². The number of carbonyl (C=O) groups excluding carboxylic acids is 10. The molecule has 0 spiro atoms. The predicted octanol–water partition coefficient (Wildman–Crippen LogP) is 6.61. The number of hydrogen-bond acceptors (Lipinski definition) is 16. The smallest absolute Gasteiger partial charge is 0.253 e. The van der Waals surface area contributed by atoms with E-state index in [4.69, 9.17) is 28.4 Å². The minimum atomic E-state index is -1.08. The van der Waals surface area contributed by atoms with E-state index in [2.05, 4.69) is 56.4 Å². The van der Waals surface area contributed by atoms with Gasteiger partial charge in [-0.05, 0) is 19.3 Å². The molecule has 1 aliphatic rings. The molecule has 542 valence electrons. The molecule has 0 aliphatic carbocycles. The van der Waals surface area contributed by atoms with Crippen molar-refractivity contribution >= 4 is 59.1 Å². The van der Waals surface area contributed by atoms with Crippen molar-refractivity contribution in [3.05, 3.63) is 12.2 Å². The van der Waals surface area contributed by atoms with Gasteiger partial charge >= 0.3 is 0 Å². The van der Waals surface area contributed by atoms with Crippen LogP contribution in [-0.4, -0.2) is 202 Å². The first-order valence-electron chi connectivity index (χ1n) is 36.0. The lowest BCUT2D eigenvalue weighted by atomic mass is 10.0. The van der Waals surface area contributed by atoms with Crippen molar-refractivity contribution < 1.29 is 76.4 Å². The third-order valence-corrected chi connectivity index (χ3v) is 15.5. The van der Waals surface area contributed by atoms with Crippen molar-refractivity contribution in [1.82, 2.24) is 47.4 Å². The highest BCUT2D eigenvalue weighted by atomic mass is 16.5. The first kappa shape index (κ1) is 86.4. The van der Waals surface area contributed by atoms with Gasteiger partial charge in [0.2, 0.25) is 47.3 Å². The molecule has 1 rings (SSSR count). The number of ether oxygens (including phenoxy) is 6. The van der Waals surface area contributed by atoms with Gasteiger partial charge in [0.05, 0.1) is 79.3 Å². The number of nitrogens with zero attached hydrogens (tertiary/aromatic N) is 1. The van der Waals surface area contributed by atoms with Crippen molar-refractivity contribution in [2.75, 3.05) is 132 Å². The van der Waals surface area contributed by atoms with Gasteiger partial charge in [0.15, 0.2) is 0 Å². The molecule has 0 saturated heterocycles. The molecule has 0 fully saturated rings. The summed E-state index contributed by atoms with van der Waals surface area (Å²) in [4.78, 5) is 124. The van der Waals surface area contributed by atoms with Gasteiger partial charge < -0.3 is 71.0 Å². The fraction of sp³-hybridized carbons (Fsp3) is 0.826. The van der Waals surface area contributed by atoms with Crippen LogP contribution in [0.3, 0.4) is 0 Å². The molecule has 0 aromatic carbocycles. The highest BCUT2D eigenvalue weighted by molar-refractivity contribution is 6.13. The Balaban J connectivity index is 2.29. The van der Waals surface area contributed by atoms with E-state index in [9.17, 15) is 47.9 Å². The Kier molecular flexibility index (Phi) is 59.5. The van der Waals surface area contributed by atoms with Crippen molar-refractivity contribution in [1.29, 1.82) is 0 Å². The maximum Gasteiger partial charge on any atom is 0.253 e. The number of imide groups is 1. The van der Waals surface area contributed by atoms with Gasteiger partial charge in [0.1, 0.15) is 6.04 Å². The number of nitrogens with one attached hydrogen (secondary N) is 8. The summed E-state index contributed by atoms with van der Waals surface area (Å²) in [6, 6.07) is -1.08. The molecule has 1 heterocycles. The van der Waals surface area contributed by atoms with Crippen LogP contribution in [0.25, 0.3) is 0 Å². The highest BCUT2D eigenvalue weighted by Crippen LogP contribution is 2.15. The molecule has 8 N–H and O–H groups in total. The molecule has 0 unspecified atom stereocenters. The second kappa shape index (κ2) is 64.7. The van der Waals surface area contributed by atoms with Gasteiger partial charge in [-0.2, -0.15) is 0 Å². The van der Waals surface area contributed by atoms with Crippen LogP contribution in [-0.2, 0) is 76.4 Å². The molecule has 0 aromatic rings. The summed E-state index contributed by atoms with van der Waals surface area (Å²) in [6.45, 7) is 8.52. The summed E-state index contributed by atoms with van der Waals surface area (Å²) in [5.74, 6) is -3.08. The molecular formula is C69H125N9O16. The standard InChI is InChI=1S/C69H125N9O16/c1-3-5-7-9-11-13-15-17-19-21-23-25-27-29-60(79)70-40-51-92-53-42-74-64(83)36-47-89-50-39-72-62(81)32-31-59(77-66(85)38-49-91-57-58-94-55-44-73-63(82)35-46-78-67(86)33-34-68(78)87)69(88)76-45-56-90-48-37-65(84)75-43-54-93-52-41-71-61(80)30-28-26-24-22-20-18-16-14-12-10-8-6-4-2/h33-34,59H,3-32,35-58H2,1-2H3,(H,70,79)(H,71,80)(H,72,81)(H,73,82)(H,74,83)(H,75,84)(H,76,88)(H,77,85)/t59-/m0/s1. The third kappa shape index (κ3) is 56.7. The number of unbranched alkanes of at least 4 members (excludes halogenated alkanes) is 24. The Morgan fingerprint density at radius 3 is 0.936 bits per heavy atom. The van der Waals surface area contributed by atoms with Crippen LogP contribution in [0.15, 0.2) is 12.2 Å². The van der Waals surface area contributed by atoms with Gasteiger partial charge in [-0.1, -0.05) is 168 Å². The molecule has 0 bridgehead atoms. The first-order chi connectivity index (χ1) is 45.9. The zero-order valence-electron chi connectivity index (χ0n) is 57.9. The summed E-state index contributed by atoms with van der Waals surface area (Å²) in [5.41, 5.74) is 0. The van der Waals surface area contributed by atoms with E-state index in [0.29, 0.717) is 58.8 Å². The Hall–Kier alpha value is -5.60. The molecule has 25 nitrogen and oxygen atoms in total. The van der Waals surface area contributed by atoms with Crippen molar-refractivity contribution in [3.63, 3.8) is 0 Å². The van der Waals surface area contributed by atoms with Gasteiger partial charge in [-0.15, -0.1) is 0 Å². The lowest BCUT2D eigenvalue weighted by Crippen LogP contribution is -2.48. The zero-order valence-corrected chi connectivity index (χ0v) is 57.9. The largest absolute Gasteiger partial charge is 0.379 e. The minimum absolute atomic E-state index is 0.00888. The van der Waals surface area contributed by atoms with E-state index in [-0.39, 0.29) is 160 Å². The molecule has 0 saturated carbocycles. The fourth-order valence-corrected chi connectivity index (χ4v) is 9.98. The van der Waals surface area contributed by atoms with E-state index in [1.165, 1.54) is 141 Å². The highest BCUT2D eigenvalue weighted by Gasteiger charge is 2.24. The minimum Gasteiger partial charge on any atom is -0.379 e. The van der Waals surface area contributed by atoms with E-state index in [1.54, 1.807) is 0 Å². The van der Waals surface area contributed by atoms with Crippen LogP contribution in [0.4, 0.5) is 0 Å². The molecule has 1 atom stereocenters. The SMILES string of the molecule is CCCCCCCCCCCCCCCC(=O)NCCOCCNC(=O)CCOCCNC(=O)CC[C@H](NC(=O)CCOCCOCCNC(=O)CCN1C(=O)C=CC1=O)C(=O)NCCOCCC(=O)NCCOCCNC(=O)CCCCCCCCCCCCCCC. The van der Waals surface area contributed by atoms with Gasteiger partial charge in [-0.25, -0.2) is 0 Å². The second-order valence-electron chi connectivity index (χ2n) is 23.9. The summed E-state index contributed by atoms with van der Waals surface area (Å²) in [5, 5.41) is 22.1. The quantitative estimate of drug-likeness (QED) is 0.0234. The van der Waals surface area contributed by atoms with Gasteiger partial charge in [0.25, 0.3) is 11.8 Å². The van der Waals surface area contributed by atoms with E-state index >= 15 is 0 Å². The number of amides is 10. The normalized spacial score (nSPS) is 12.2. The van der Waals surface area contributed by atoms with Crippen LogP contribution in [0, 0.1) is 0 Å². The number of rotatable bonds is 69. The Bertz CT molecular complexity index is 2020. The summed E-state index contributed by atoms with van der Waals surface area (Å²) in [6.07, 6.45) is 36.0. The van der Waals surface area contributed by atoms with Crippen LogP contribution < -0.4 is 42.5 Å². The molecule has 25 heteroatoms. The summed E-state index contributed by atoms with van der Waals surface area (Å²) < 4.78 is 33.1. The molecule has 1 aliphatic heterocycles. The maximum atomic E-state index is 13.3. The zero-order chi connectivity index (χ0) is 68.4. The topological polar surface area (TPSA) is 326 Å². The lowest BCUT2D eigenvalue weighted by Gasteiger charge is -2.19. The summed E-state index contributed by atoms with van der Waals surface area (Å²) in [7, 11) is 0. The second-order valence-corrected chi connectivity index (χ2v) is 23.9. The van der Waals surface area contributed by atoms with E-state index in [1.807, 2.05) is 0 Å². The van der Waals surface area contributed by atoms with Gasteiger partial charge in [-0.3, -0.25) is 52.8 Å². The predicted molar refractivity (Wildman–Crippen MR) is 362 cm³/mol. The van der Waals surface area contributed by atoms with E-state index < -0.39 is 29.7 Å². The summed E-state index contributed by atoms with van der Waals surface area (Å²) >= 11 is 0. The molecule has 0 aromatic heterocycles.